The number of carbonyl (C=O) groups excluding carboxylic acids is 3. The fourth-order valence-electron chi connectivity index (χ4n) is 9.27. The minimum absolute atomic E-state index is 0.0802. The fourth-order valence-corrected chi connectivity index (χ4v) is 9.27. The number of hydrogen-bond acceptors (Lipinski definition) is 6. The maximum Gasteiger partial charge on any atom is 0.306 e. The Morgan fingerprint density at radius 1 is 0.276 bits per heavy atom. The van der Waals surface area contributed by atoms with Gasteiger partial charge in [-0.25, -0.2) is 0 Å². The lowest BCUT2D eigenvalue weighted by atomic mass is 10.0. The van der Waals surface area contributed by atoms with Gasteiger partial charge in [0.2, 0.25) is 0 Å². The van der Waals surface area contributed by atoms with Gasteiger partial charge in [0.1, 0.15) is 13.2 Å². The van der Waals surface area contributed by atoms with E-state index in [1.165, 1.54) is 173 Å². The standard InChI is InChI=1S/C70H122O6/c1-4-7-10-13-16-19-22-25-28-30-32-34-35-37-38-40-42-45-48-51-54-57-60-63-69(72)75-66-67(65-74-68(71)62-59-56-53-50-47-44-27-24-21-18-15-12-9-6-3)76-70(73)64-61-58-55-52-49-46-43-41-39-36-33-31-29-26-23-20-17-14-11-8-5-2/h7,10,16,19,23,25-26,28,31-34,39,41,67H,4-6,8-9,11-15,17-18,20-22,24,27,29-30,35-38,40,42-66H2,1-3H3/b10-7-,19-16-,26-23-,28-25-,33-31-,34-32-,41-39-. The quantitative estimate of drug-likeness (QED) is 0.0261. The van der Waals surface area contributed by atoms with Crippen molar-refractivity contribution >= 4 is 17.9 Å². The molecule has 6 heteroatoms. The zero-order chi connectivity index (χ0) is 55.0. The molecule has 0 aromatic carbocycles. The van der Waals surface area contributed by atoms with Gasteiger partial charge in [0.15, 0.2) is 6.10 Å². The van der Waals surface area contributed by atoms with Gasteiger partial charge in [0.25, 0.3) is 0 Å². The van der Waals surface area contributed by atoms with Crippen molar-refractivity contribution in [3.05, 3.63) is 85.1 Å². The minimum Gasteiger partial charge on any atom is -0.462 e. The average molecular weight is 1060 g/mol. The van der Waals surface area contributed by atoms with Gasteiger partial charge in [-0.2, -0.15) is 0 Å². The van der Waals surface area contributed by atoms with Gasteiger partial charge in [-0.05, 0) is 96.3 Å². The van der Waals surface area contributed by atoms with E-state index < -0.39 is 6.10 Å². The Morgan fingerprint density at radius 3 is 0.803 bits per heavy atom. The molecule has 6 nitrogen and oxygen atoms in total. The predicted molar refractivity (Wildman–Crippen MR) is 330 cm³/mol. The summed E-state index contributed by atoms with van der Waals surface area (Å²) < 4.78 is 16.9. The molecule has 0 aliphatic rings. The van der Waals surface area contributed by atoms with Crippen molar-refractivity contribution < 1.29 is 28.6 Å². The fraction of sp³-hybridized carbons (Fsp3) is 0.757. The first kappa shape index (κ1) is 72.6. The number of rotatable bonds is 59. The number of carbonyl (C=O) groups is 3. The molecule has 0 aliphatic carbocycles. The molecule has 0 spiro atoms. The predicted octanol–water partition coefficient (Wildman–Crippen LogP) is 22.3. The molecule has 0 aromatic heterocycles. The van der Waals surface area contributed by atoms with Crippen LogP contribution in [0.1, 0.15) is 323 Å². The van der Waals surface area contributed by atoms with E-state index in [2.05, 4.69) is 106 Å². The summed E-state index contributed by atoms with van der Waals surface area (Å²) in [5, 5.41) is 0. The van der Waals surface area contributed by atoms with Crippen molar-refractivity contribution in [1.82, 2.24) is 0 Å². The van der Waals surface area contributed by atoms with Crippen molar-refractivity contribution in [2.45, 2.75) is 329 Å². The summed E-state index contributed by atoms with van der Waals surface area (Å²) in [4.78, 5) is 38.4. The Hall–Kier alpha value is -3.41. The van der Waals surface area contributed by atoms with Crippen LogP contribution in [0.3, 0.4) is 0 Å². The highest BCUT2D eigenvalue weighted by atomic mass is 16.6. The van der Waals surface area contributed by atoms with E-state index in [1.807, 2.05) is 0 Å². The maximum atomic E-state index is 12.9. The third-order valence-electron chi connectivity index (χ3n) is 14.1. The van der Waals surface area contributed by atoms with Gasteiger partial charge < -0.3 is 14.2 Å². The normalized spacial score (nSPS) is 12.6. The molecule has 1 atom stereocenters. The van der Waals surface area contributed by atoms with Gasteiger partial charge in [0.05, 0.1) is 0 Å². The first-order valence-corrected chi connectivity index (χ1v) is 32.6. The van der Waals surface area contributed by atoms with Crippen molar-refractivity contribution in [2.24, 2.45) is 0 Å². The Balaban J connectivity index is 4.37. The van der Waals surface area contributed by atoms with Gasteiger partial charge >= 0.3 is 17.9 Å². The second kappa shape index (κ2) is 64.1. The van der Waals surface area contributed by atoms with Crippen LogP contribution in [-0.2, 0) is 28.6 Å². The molecular formula is C70H122O6. The molecule has 0 bridgehead atoms. The summed E-state index contributed by atoms with van der Waals surface area (Å²) in [6.45, 7) is 6.54. The highest BCUT2D eigenvalue weighted by molar-refractivity contribution is 5.71. The zero-order valence-corrected chi connectivity index (χ0v) is 50.3. The zero-order valence-electron chi connectivity index (χ0n) is 50.3. The van der Waals surface area contributed by atoms with E-state index in [4.69, 9.17) is 14.2 Å². The number of allylic oxidation sites excluding steroid dienone is 14. The monoisotopic (exact) mass is 1060 g/mol. The molecule has 0 aromatic rings. The summed E-state index contributed by atoms with van der Waals surface area (Å²) in [5.74, 6) is -0.883. The van der Waals surface area contributed by atoms with Crippen LogP contribution in [0.4, 0.5) is 0 Å². The molecule has 0 heterocycles. The summed E-state index contributed by atoms with van der Waals surface area (Å²) in [5.41, 5.74) is 0. The Bertz CT molecular complexity index is 1450. The summed E-state index contributed by atoms with van der Waals surface area (Å²) in [7, 11) is 0. The molecule has 76 heavy (non-hydrogen) atoms. The van der Waals surface area contributed by atoms with Crippen LogP contribution in [0.25, 0.3) is 0 Å². The van der Waals surface area contributed by atoms with Gasteiger partial charge in [-0.15, -0.1) is 0 Å². The molecule has 1 unspecified atom stereocenters. The average Bonchev–Trinajstić information content (AvgIpc) is 3.42. The van der Waals surface area contributed by atoms with Crippen molar-refractivity contribution in [1.29, 1.82) is 0 Å². The lowest BCUT2D eigenvalue weighted by Gasteiger charge is -2.18. The van der Waals surface area contributed by atoms with Crippen LogP contribution in [0.5, 0.6) is 0 Å². The number of ether oxygens (including phenoxy) is 3. The SMILES string of the molecule is CC/C=C\C/C=C\C/C=C\C/C=C\CCCCCCCCCCCCC(=O)OCC(COC(=O)CCCCCCCCCCCCCCCC)OC(=O)CCCCCCCC/C=C\C/C=C\C/C=C\CCCCCCC. The van der Waals surface area contributed by atoms with Crippen LogP contribution in [-0.4, -0.2) is 37.2 Å². The molecule has 0 saturated carbocycles. The third kappa shape index (κ3) is 61.4. The van der Waals surface area contributed by atoms with E-state index in [0.717, 1.165) is 109 Å². The smallest absolute Gasteiger partial charge is 0.306 e. The van der Waals surface area contributed by atoms with E-state index in [-0.39, 0.29) is 31.1 Å². The number of unbranched alkanes of at least 4 members (excludes halogenated alkanes) is 34. The molecule has 0 saturated heterocycles. The topological polar surface area (TPSA) is 78.9 Å². The Labute approximate surface area is 471 Å². The van der Waals surface area contributed by atoms with Crippen LogP contribution < -0.4 is 0 Å². The first-order chi connectivity index (χ1) is 37.5. The van der Waals surface area contributed by atoms with E-state index in [9.17, 15) is 14.4 Å². The Kier molecular flexibility index (Phi) is 61.2. The van der Waals surface area contributed by atoms with Crippen LogP contribution in [0, 0.1) is 0 Å². The highest BCUT2D eigenvalue weighted by Crippen LogP contribution is 2.16. The summed E-state index contributed by atoms with van der Waals surface area (Å²) >= 11 is 0. The number of hydrogen-bond donors (Lipinski definition) is 0. The molecule has 0 radical (unpaired) electrons. The molecule has 0 fully saturated rings. The highest BCUT2D eigenvalue weighted by Gasteiger charge is 2.19. The lowest BCUT2D eigenvalue weighted by molar-refractivity contribution is -0.167. The molecule has 0 aliphatic heterocycles. The van der Waals surface area contributed by atoms with E-state index in [1.54, 1.807) is 0 Å². The number of esters is 3. The maximum absolute atomic E-state index is 12.9. The molecule has 438 valence electrons. The van der Waals surface area contributed by atoms with Crippen molar-refractivity contribution in [3.8, 4) is 0 Å². The second-order valence-corrected chi connectivity index (χ2v) is 21.6. The third-order valence-corrected chi connectivity index (χ3v) is 14.1. The van der Waals surface area contributed by atoms with Crippen molar-refractivity contribution in [2.75, 3.05) is 13.2 Å². The van der Waals surface area contributed by atoms with Crippen LogP contribution in [0.15, 0.2) is 85.1 Å². The van der Waals surface area contributed by atoms with E-state index in [0.29, 0.717) is 19.3 Å². The first-order valence-electron chi connectivity index (χ1n) is 32.6. The largest absolute Gasteiger partial charge is 0.462 e. The lowest BCUT2D eigenvalue weighted by Crippen LogP contribution is -2.30. The van der Waals surface area contributed by atoms with Crippen molar-refractivity contribution in [3.63, 3.8) is 0 Å². The minimum atomic E-state index is -0.785. The molecular weight excluding hydrogens is 937 g/mol. The van der Waals surface area contributed by atoms with Gasteiger partial charge in [0, 0.05) is 19.3 Å². The van der Waals surface area contributed by atoms with Crippen LogP contribution >= 0.6 is 0 Å². The van der Waals surface area contributed by atoms with Gasteiger partial charge in [-0.1, -0.05) is 292 Å². The van der Waals surface area contributed by atoms with Gasteiger partial charge in [-0.3, -0.25) is 14.4 Å². The van der Waals surface area contributed by atoms with E-state index >= 15 is 0 Å². The Morgan fingerprint density at radius 2 is 0.513 bits per heavy atom. The molecule has 0 rings (SSSR count). The summed E-state index contributed by atoms with van der Waals surface area (Å²) in [6, 6.07) is 0. The summed E-state index contributed by atoms with van der Waals surface area (Å²) in [6.07, 6.45) is 84.4. The molecule has 0 N–H and O–H groups in total. The second-order valence-electron chi connectivity index (χ2n) is 21.6. The van der Waals surface area contributed by atoms with Crippen LogP contribution in [0.2, 0.25) is 0 Å². The molecule has 0 amide bonds.